The van der Waals surface area contributed by atoms with Crippen LogP contribution in [-0.4, -0.2) is 85.8 Å². The number of carbonyl (C=O) groups excluding carboxylic acids is 1. The summed E-state index contributed by atoms with van der Waals surface area (Å²) in [5, 5.41) is 6.83. The van der Waals surface area contributed by atoms with Gasteiger partial charge in [-0.1, -0.05) is 0 Å². The number of nitrogens with one attached hydrogen (secondary N) is 2. The summed E-state index contributed by atoms with van der Waals surface area (Å²) >= 11 is 0. The molecule has 0 spiro atoms. The molecule has 0 aliphatic carbocycles. The van der Waals surface area contributed by atoms with Crippen molar-refractivity contribution < 1.29 is 4.79 Å². The number of likely N-dealkylation sites (tertiary alicyclic amines) is 1. The molecule has 3 fully saturated rings. The van der Waals surface area contributed by atoms with Crippen LogP contribution in [0.5, 0.6) is 0 Å². The van der Waals surface area contributed by atoms with E-state index in [1.165, 1.54) is 6.42 Å². The van der Waals surface area contributed by atoms with Crippen molar-refractivity contribution in [2.75, 3.05) is 58.9 Å². The molecule has 0 aromatic rings. The molecule has 20 heavy (non-hydrogen) atoms. The van der Waals surface area contributed by atoms with E-state index in [-0.39, 0.29) is 12.2 Å². The van der Waals surface area contributed by atoms with E-state index in [0.29, 0.717) is 0 Å². The van der Waals surface area contributed by atoms with Crippen molar-refractivity contribution in [3.63, 3.8) is 0 Å². The molecule has 3 aliphatic heterocycles. The first kappa shape index (κ1) is 14.1. The van der Waals surface area contributed by atoms with E-state index in [0.717, 1.165) is 71.7 Å². The predicted molar refractivity (Wildman–Crippen MR) is 78.6 cm³/mol. The molecule has 0 saturated carbocycles. The van der Waals surface area contributed by atoms with Crippen molar-refractivity contribution in [3.05, 3.63) is 0 Å². The highest BCUT2D eigenvalue weighted by Gasteiger charge is 2.34. The molecular formula is C14H27N5O. The lowest BCUT2D eigenvalue weighted by Crippen LogP contribution is -2.65. The van der Waals surface area contributed by atoms with Crippen molar-refractivity contribution >= 4 is 6.03 Å². The summed E-state index contributed by atoms with van der Waals surface area (Å²) < 4.78 is 0. The second-order valence-corrected chi connectivity index (χ2v) is 5.99. The Kier molecular flexibility index (Phi) is 4.75. The van der Waals surface area contributed by atoms with Gasteiger partial charge in [-0.15, -0.1) is 0 Å². The highest BCUT2D eigenvalue weighted by Crippen LogP contribution is 2.16. The van der Waals surface area contributed by atoms with Crippen molar-refractivity contribution in [1.29, 1.82) is 0 Å². The quantitative estimate of drug-likeness (QED) is 0.695. The van der Waals surface area contributed by atoms with Crippen molar-refractivity contribution in [2.45, 2.75) is 25.4 Å². The normalized spacial score (nSPS) is 29.5. The zero-order chi connectivity index (χ0) is 13.8. The van der Waals surface area contributed by atoms with E-state index in [4.69, 9.17) is 0 Å². The highest BCUT2D eigenvalue weighted by molar-refractivity contribution is 5.75. The molecule has 0 aromatic heterocycles. The van der Waals surface area contributed by atoms with Gasteiger partial charge in [0, 0.05) is 58.9 Å². The molecule has 1 unspecified atom stereocenters. The summed E-state index contributed by atoms with van der Waals surface area (Å²) in [5.41, 5.74) is 0. The number of rotatable bonds is 1. The molecule has 6 heteroatoms. The summed E-state index contributed by atoms with van der Waals surface area (Å²) in [6.07, 6.45) is 3.83. The van der Waals surface area contributed by atoms with Gasteiger partial charge >= 0.3 is 6.03 Å². The Bertz CT molecular complexity index is 326. The van der Waals surface area contributed by atoms with Gasteiger partial charge in [0.2, 0.25) is 0 Å². The third-order valence-corrected chi connectivity index (χ3v) is 4.66. The Balaban J connectivity index is 1.65. The largest absolute Gasteiger partial charge is 0.325 e. The van der Waals surface area contributed by atoms with Gasteiger partial charge in [0.05, 0.1) is 6.17 Å². The predicted octanol–water partition coefficient (Wildman–Crippen LogP) is -0.271. The first-order chi connectivity index (χ1) is 9.86. The maximum Gasteiger partial charge on any atom is 0.321 e. The molecule has 0 bridgehead atoms. The fourth-order valence-electron chi connectivity index (χ4n) is 3.49. The van der Waals surface area contributed by atoms with Gasteiger partial charge < -0.3 is 20.4 Å². The first-order valence-corrected chi connectivity index (χ1v) is 8.07. The highest BCUT2D eigenvalue weighted by atomic mass is 16.2. The molecule has 3 rings (SSSR count). The number of carbonyl (C=O) groups is 1. The van der Waals surface area contributed by atoms with Gasteiger partial charge in [-0.25, -0.2) is 4.79 Å². The van der Waals surface area contributed by atoms with E-state index in [2.05, 4.69) is 25.3 Å². The molecule has 1 atom stereocenters. The van der Waals surface area contributed by atoms with Gasteiger partial charge in [0.1, 0.15) is 0 Å². The Labute approximate surface area is 121 Å². The third-order valence-electron chi connectivity index (χ3n) is 4.66. The number of urea groups is 1. The first-order valence-electron chi connectivity index (χ1n) is 8.07. The molecular weight excluding hydrogens is 254 g/mol. The van der Waals surface area contributed by atoms with E-state index in [9.17, 15) is 4.79 Å². The molecule has 0 radical (unpaired) electrons. The van der Waals surface area contributed by atoms with Crippen molar-refractivity contribution in [1.82, 2.24) is 25.3 Å². The Hall–Kier alpha value is -0.850. The van der Waals surface area contributed by atoms with E-state index >= 15 is 0 Å². The Morgan fingerprint density at radius 3 is 2.30 bits per heavy atom. The van der Waals surface area contributed by atoms with Crippen LogP contribution >= 0.6 is 0 Å². The Morgan fingerprint density at radius 2 is 1.55 bits per heavy atom. The Morgan fingerprint density at radius 1 is 0.850 bits per heavy atom. The number of nitrogens with zero attached hydrogens (tertiary/aromatic N) is 3. The monoisotopic (exact) mass is 281 g/mol. The second-order valence-electron chi connectivity index (χ2n) is 5.99. The number of hydrogen-bond donors (Lipinski definition) is 2. The van der Waals surface area contributed by atoms with Gasteiger partial charge in [-0.2, -0.15) is 0 Å². The summed E-state index contributed by atoms with van der Waals surface area (Å²) in [6.45, 7) is 8.68. The topological polar surface area (TPSA) is 50.9 Å². The minimum Gasteiger partial charge on any atom is -0.325 e. The maximum absolute atomic E-state index is 12.8. The van der Waals surface area contributed by atoms with E-state index in [1.54, 1.807) is 0 Å². The molecule has 3 heterocycles. The lowest BCUT2D eigenvalue weighted by molar-refractivity contribution is 0.0260. The van der Waals surface area contributed by atoms with Gasteiger partial charge in [-0.3, -0.25) is 4.90 Å². The van der Waals surface area contributed by atoms with Crippen LogP contribution in [-0.2, 0) is 0 Å². The van der Waals surface area contributed by atoms with Crippen LogP contribution in [0.2, 0.25) is 0 Å². The van der Waals surface area contributed by atoms with E-state index in [1.807, 2.05) is 0 Å². The van der Waals surface area contributed by atoms with E-state index < -0.39 is 0 Å². The standard InChI is InChI=1S/C14H27N5O/c20-14(18-7-2-1-3-8-18)19-11-6-16-12-13(19)17-9-4-15-5-10-17/h13,15-16H,1-12H2. The molecule has 0 aromatic carbocycles. The van der Waals surface area contributed by atoms with Crippen LogP contribution < -0.4 is 10.6 Å². The fourth-order valence-corrected chi connectivity index (χ4v) is 3.49. The molecule has 2 N–H and O–H groups in total. The molecule has 3 aliphatic rings. The summed E-state index contributed by atoms with van der Waals surface area (Å²) in [4.78, 5) is 19.4. The minimum atomic E-state index is 0.236. The van der Waals surface area contributed by atoms with Crippen LogP contribution in [0, 0.1) is 0 Å². The number of piperazine rings is 2. The third kappa shape index (κ3) is 3.07. The van der Waals surface area contributed by atoms with Crippen LogP contribution in [0.15, 0.2) is 0 Å². The zero-order valence-electron chi connectivity index (χ0n) is 12.3. The maximum atomic E-state index is 12.8. The smallest absolute Gasteiger partial charge is 0.321 e. The lowest BCUT2D eigenvalue weighted by Gasteiger charge is -2.46. The lowest BCUT2D eigenvalue weighted by atomic mass is 10.1. The van der Waals surface area contributed by atoms with Crippen LogP contribution in [0.25, 0.3) is 0 Å². The van der Waals surface area contributed by atoms with Crippen LogP contribution in [0.3, 0.4) is 0 Å². The zero-order valence-corrected chi connectivity index (χ0v) is 12.3. The number of piperidine rings is 1. The van der Waals surface area contributed by atoms with Gasteiger partial charge in [-0.05, 0) is 19.3 Å². The van der Waals surface area contributed by atoms with Gasteiger partial charge in [0.25, 0.3) is 0 Å². The molecule has 2 amide bonds. The summed E-state index contributed by atoms with van der Waals surface area (Å²) in [6, 6.07) is 0.259. The van der Waals surface area contributed by atoms with Crippen molar-refractivity contribution in [3.8, 4) is 0 Å². The molecule has 114 valence electrons. The summed E-state index contributed by atoms with van der Waals surface area (Å²) in [7, 11) is 0. The second kappa shape index (κ2) is 6.74. The van der Waals surface area contributed by atoms with Gasteiger partial charge in [0.15, 0.2) is 0 Å². The average Bonchev–Trinajstić information content (AvgIpc) is 2.56. The minimum absolute atomic E-state index is 0.236. The SMILES string of the molecule is O=C(N1CCCCC1)N1CCNCC1N1CCNCC1. The summed E-state index contributed by atoms with van der Waals surface area (Å²) in [5.74, 6) is 0. The number of amides is 2. The average molecular weight is 281 g/mol. The van der Waals surface area contributed by atoms with Crippen LogP contribution in [0.4, 0.5) is 4.79 Å². The van der Waals surface area contributed by atoms with Crippen molar-refractivity contribution in [2.24, 2.45) is 0 Å². The number of hydrogen-bond acceptors (Lipinski definition) is 4. The van der Waals surface area contributed by atoms with Crippen LogP contribution in [0.1, 0.15) is 19.3 Å². The molecule has 6 nitrogen and oxygen atoms in total. The molecule has 3 saturated heterocycles. The fraction of sp³-hybridized carbons (Fsp3) is 0.929.